The highest BCUT2D eigenvalue weighted by atomic mass is 35.5. The van der Waals surface area contributed by atoms with E-state index in [-0.39, 0.29) is 17.4 Å². The summed E-state index contributed by atoms with van der Waals surface area (Å²) in [6.45, 7) is 3.84. The minimum atomic E-state index is -0.418. The number of benzene rings is 1. The summed E-state index contributed by atoms with van der Waals surface area (Å²) in [5.41, 5.74) is 0.784. The summed E-state index contributed by atoms with van der Waals surface area (Å²) in [6, 6.07) is 8.38. The van der Waals surface area contributed by atoms with Crippen LogP contribution in [0.2, 0.25) is 5.02 Å². The third-order valence-electron chi connectivity index (χ3n) is 2.87. The van der Waals surface area contributed by atoms with Gasteiger partial charge in [-0.15, -0.1) is 12.4 Å². The SMILES string of the molecule is CCCCNCc1ccc(-c2ccc(F)c(Cl)c2)o1.Cl. The van der Waals surface area contributed by atoms with Crippen LogP contribution in [0.15, 0.2) is 34.7 Å². The third kappa shape index (κ3) is 4.51. The van der Waals surface area contributed by atoms with Crippen molar-refractivity contribution >= 4 is 24.0 Å². The van der Waals surface area contributed by atoms with Crippen LogP contribution in [0.4, 0.5) is 4.39 Å². The lowest BCUT2D eigenvalue weighted by molar-refractivity contribution is 0.490. The summed E-state index contributed by atoms with van der Waals surface area (Å²) < 4.78 is 18.8. The monoisotopic (exact) mass is 317 g/mol. The Balaban J connectivity index is 0.00000200. The van der Waals surface area contributed by atoms with E-state index < -0.39 is 5.82 Å². The lowest BCUT2D eigenvalue weighted by Gasteiger charge is -2.01. The van der Waals surface area contributed by atoms with E-state index in [2.05, 4.69) is 12.2 Å². The molecule has 110 valence electrons. The first kappa shape index (κ1) is 17.0. The molecule has 0 saturated heterocycles. The number of hydrogen-bond acceptors (Lipinski definition) is 2. The Labute approximate surface area is 129 Å². The fourth-order valence-electron chi connectivity index (χ4n) is 1.79. The Kier molecular flexibility index (Phi) is 7.06. The molecule has 2 aromatic rings. The molecule has 0 atom stereocenters. The fraction of sp³-hybridized carbons (Fsp3) is 0.333. The molecule has 20 heavy (non-hydrogen) atoms. The molecule has 1 heterocycles. The van der Waals surface area contributed by atoms with Crippen molar-refractivity contribution in [2.24, 2.45) is 0 Å². The molecule has 2 rings (SSSR count). The maximum absolute atomic E-state index is 13.1. The third-order valence-corrected chi connectivity index (χ3v) is 3.16. The largest absolute Gasteiger partial charge is 0.460 e. The molecule has 5 heteroatoms. The highest BCUT2D eigenvalue weighted by molar-refractivity contribution is 6.31. The van der Waals surface area contributed by atoms with E-state index in [4.69, 9.17) is 16.0 Å². The quantitative estimate of drug-likeness (QED) is 0.754. The highest BCUT2D eigenvalue weighted by Gasteiger charge is 2.07. The van der Waals surface area contributed by atoms with E-state index in [0.29, 0.717) is 12.3 Å². The Bertz CT molecular complexity index is 542. The van der Waals surface area contributed by atoms with Gasteiger partial charge in [0.05, 0.1) is 11.6 Å². The molecule has 0 aliphatic rings. The lowest BCUT2D eigenvalue weighted by Crippen LogP contribution is -2.13. The minimum absolute atomic E-state index is 0. The van der Waals surface area contributed by atoms with Gasteiger partial charge < -0.3 is 9.73 Å². The van der Waals surface area contributed by atoms with Crippen molar-refractivity contribution in [2.75, 3.05) is 6.54 Å². The Morgan fingerprint density at radius 3 is 2.75 bits per heavy atom. The average molecular weight is 318 g/mol. The molecule has 0 aliphatic heterocycles. The summed E-state index contributed by atoms with van der Waals surface area (Å²) in [5, 5.41) is 3.42. The van der Waals surface area contributed by atoms with E-state index in [9.17, 15) is 4.39 Å². The first-order chi connectivity index (χ1) is 9.20. The van der Waals surface area contributed by atoms with Crippen LogP contribution >= 0.6 is 24.0 Å². The second-order valence-electron chi connectivity index (χ2n) is 4.43. The molecule has 1 aromatic carbocycles. The Hall–Kier alpha value is -1.03. The first-order valence-electron chi connectivity index (χ1n) is 6.45. The van der Waals surface area contributed by atoms with Crippen LogP contribution in [0.25, 0.3) is 11.3 Å². The van der Waals surface area contributed by atoms with Crippen LogP contribution in [0.5, 0.6) is 0 Å². The van der Waals surface area contributed by atoms with Crippen LogP contribution in [-0.4, -0.2) is 6.54 Å². The zero-order valence-electron chi connectivity index (χ0n) is 11.3. The number of furan rings is 1. The number of unbranched alkanes of at least 4 members (excludes halogenated alkanes) is 1. The molecule has 0 unspecified atom stereocenters. The van der Waals surface area contributed by atoms with Crippen molar-refractivity contribution in [2.45, 2.75) is 26.3 Å². The average Bonchev–Trinajstić information content (AvgIpc) is 2.87. The standard InChI is InChI=1S/C15H17ClFNO.ClH/c1-2-3-8-18-10-12-5-7-15(19-12)11-4-6-14(17)13(16)9-11;/h4-7,9,18H,2-3,8,10H2,1H3;1H. The van der Waals surface area contributed by atoms with Crippen LogP contribution in [0.3, 0.4) is 0 Å². The molecule has 0 bridgehead atoms. The van der Waals surface area contributed by atoms with Crippen molar-refractivity contribution in [1.29, 1.82) is 0 Å². The summed E-state index contributed by atoms with van der Waals surface area (Å²) in [5.74, 6) is 1.15. The van der Waals surface area contributed by atoms with Gasteiger partial charge in [-0.2, -0.15) is 0 Å². The molecule has 0 spiro atoms. The zero-order chi connectivity index (χ0) is 13.7. The summed E-state index contributed by atoms with van der Waals surface area (Å²) >= 11 is 5.76. The van der Waals surface area contributed by atoms with Gasteiger partial charge in [0, 0.05) is 5.56 Å². The van der Waals surface area contributed by atoms with Crippen molar-refractivity contribution in [3.8, 4) is 11.3 Å². The van der Waals surface area contributed by atoms with E-state index in [1.807, 2.05) is 12.1 Å². The maximum atomic E-state index is 13.1. The van der Waals surface area contributed by atoms with Crippen molar-refractivity contribution in [1.82, 2.24) is 5.32 Å². The van der Waals surface area contributed by atoms with E-state index in [0.717, 1.165) is 24.3 Å². The Morgan fingerprint density at radius 1 is 1.25 bits per heavy atom. The zero-order valence-corrected chi connectivity index (χ0v) is 12.9. The van der Waals surface area contributed by atoms with Crippen molar-refractivity contribution in [3.63, 3.8) is 0 Å². The van der Waals surface area contributed by atoms with Crippen molar-refractivity contribution in [3.05, 3.63) is 46.9 Å². The highest BCUT2D eigenvalue weighted by Crippen LogP contribution is 2.26. The normalized spacial score (nSPS) is 10.3. The topological polar surface area (TPSA) is 25.2 Å². The van der Waals surface area contributed by atoms with Crippen LogP contribution in [-0.2, 0) is 6.54 Å². The number of hydrogen-bond donors (Lipinski definition) is 1. The van der Waals surface area contributed by atoms with E-state index in [1.54, 1.807) is 12.1 Å². The molecule has 2 nitrogen and oxygen atoms in total. The van der Waals surface area contributed by atoms with Crippen LogP contribution < -0.4 is 5.32 Å². The predicted octanol–water partition coefficient (Wildman–Crippen LogP) is 5.05. The molecule has 1 N–H and O–H groups in total. The van der Waals surface area contributed by atoms with Gasteiger partial charge in [-0.05, 0) is 43.3 Å². The van der Waals surface area contributed by atoms with Gasteiger partial charge in [-0.3, -0.25) is 0 Å². The van der Waals surface area contributed by atoms with Gasteiger partial charge in [-0.25, -0.2) is 4.39 Å². The van der Waals surface area contributed by atoms with Gasteiger partial charge in [0.2, 0.25) is 0 Å². The van der Waals surface area contributed by atoms with E-state index in [1.165, 1.54) is 12.5 Å². The molecular formula is C15H18Cl2FNO. The minimum Gasteiger partial charge on any atom is -0.460 e. The van der Waals surface area contributed by atoms with Crippen LogP contribution in [0.1, 0.15) is 25.5 Å². The van der Waals surface area contributed by atoms with Gasteiger partial charge in [-0.1, -0.05) is 24.9 Å². The number of halogens is 3. The van der Waals surface area contributed by atoms with Gasteiger partial charge >= 0.3 is 0 Å². The van der Waals surface area contributed by atoms with Gasteiger partial charge in [0.15, 0.2) is 0 Å². The number of nitrogens with one attached hydrogen (secondary N) is 1. The summed E-state index contributed by atoms with van der Waals surface area (Å²) in [7, 11) is 0. The molecule has 0 amide bonds. The lowest BCUT2D eigenvalue weighted by atomic mass is 10.2. The molecule has 0 aliphatic carbocycles. The van der Waals surface area contributed by atoms with Gasteiger partial charge in [0.1, 0.15) is 17.3 Å². The summed E-state index contributed by atoms with van der Waals surface area (Å²) in [4.78, 5) is 0. The smallest absolute Gasteiger partial charge is 0.141 e. The molecule has 0 radical (unpaired) electrons. The second kappa shape index (κ2) is 8.30. The molecule has 0 saturated carbocycles. The first-order valence-corrected chi connectivity index (χ1v) is 6.83. The van der Waals surface area contributed by atoms with E-state index >= 15 is 0 Å². The van der Waals surface area contributed by atoms with Crippen molar-refractivity contribution < 1.29 is 8.81 Å². The number of rotatable bonds is 6. The predicted molar refractivity (Wildman–Crippen MR) is 83.0 cm³/mol. The van der Waals surface area contributed by atoms with Crippen LogP contribution in [0, 0.1) is 5.82 Å². The molecule has 1 aromatic heterocycles. The molecule has 0 fully saturated rings. The molecular weight excluding hydrogens is 300 g/mol. The Morgan fingerprint density at radius 2 is 2.05 bits per heavy atom. The summed E-state index contributed by atoms with van der Waals surface area (Å²) in [6.07, 6.45) is 2.33. The van der Waals surface area contributed by atoms with Gasteiger partial charge in [0.25, 0.3) is 0 Å². The second-order valence-corrected chi connectivity index (χ2v) is 4.83. The fourth-order valence-corrected chi connectivity index (χ4v) is 1.97. The maximum Gasteiger partial charge on any atom is 0.141 e.